The molecule has 140 valence electrons. The molecule has 2 unspecified atom stereocenters. The Morgan fingerprint density at radius 3 is 2.56 bits per heavy atom. The molecule has 0 aromatic heterocycles. The van der Waals surface area contributed by atoms with E-state index in [4.69, 9.17) is 4.84 Å². The Morgan fingerprint density at radius 2 is 1.85 bits per heavy atom. The standard InChI is InChI=1S/C21H23N3O3/c1-14-8-6-7-11-16(14)17-13-19(27-24-17)21(26)23-18(20(25)22-2)12-15-9-4-3-5-10-15/h3-11,18-19H,12-13H2,1-2H3,(H,22,25)(H,23,26). The summed E-state index contributed by atoms with van der Waals surface area (Å²) in [5.41, 5.74) is 3.76. The Bertz CT molecular complexity index is 849. The van der Waals surface area contributed by atoms with Crippen LogP contribution in [0.4, 0.5) is 0 Å². The number of carbonyl (C=O) groups excluding carboxylic acids is 2. The van der Waals surface area contributed by atoms with Crippen molar-refractivity contribution in [2.24, 2.45) is 5.16 Å². The van der Waals surface area contributed by atoms with Crippen LogP contribution in [0.2, 0.25) is 0 Å². The summed E-state index contributed by atoms with van der Waals surface area (Å²) in [5.74, 6) is -0.586. The highest BCUT2D eigenvalue weighted by molar-refractivity contribution is 6.05. The van der Waals surface area contributed by atoms with Crippen LogP contribution in [0.15, 0.2) is 59.8 Å². The van der Waals surface area contributed by atoms with Gasteiger partial charge >= 0.3 is 0 Å². The van der Waals surface area contributed by atoms with Crippen LogP contribution in [0.3, 0.4) is 0 Å². The fourth-order valence-corrected chi connectivity index (χ4v) is 3.07. The summed E-state index contributed by atoms with van der Waals surface area (Å²) < 4.78 is 0. The van der Waals surface area contributed by atoms with Crippen LogP contribution in [-0.4, -0.2) is 36.7 Å². The van der Waals surface area contributed by atoms with Gasteiger partial charge in [-0.25, -0.2) is 0 Å². The largest absolute Gasteiger partial charge is 0.382 e. The number of carbonyl (C=O) groups is 2. The van der Waals surface area contributed by atoms with E-state index in [-0.39, 0.29) is 11.8 Å². The Hall–Kier alpha value is -3.15. The van der Waals surface area contributed by atoms with Gasteiger partial charge < -0.3 is 15.5 Å². The number of nitrogens with one attached hydrogen (secondary N) is 2. The highest BCUT2D eigenvalue weighted by atomic mass is 16.6. The molecule has 1 aliphatic heterocycles. The zero-order chi connectivity index (χ0) is 19.2. The Morgan fingerprint density at radius 1 is 1.15 bits per heavy atom. The van der Waals surface area contributed by atoms with Crippen molar-refractivity contribution in [3.05, 3.63) is 71.3 Å². The SMILES string of the molecule is CNC(=O)C(Cc1ccccc1)NC(=O)C1CC(c2ccccc2C)=NO1. The van der Waals surface area contributed by atoms with E-state index in [9.17, 15) is 9.59 Å². The highest BCUT2D eigenvalue weighted by Gasteiger charge is 2.32. The molecule has 6 heteroatoms. The number of aryl methyl sites for hydroxylation is 1. The maximum atomic E-state index is 12.6. The van der Waals surface area contributed by atoms with E-state index in [0.29, 0.717) is 12.8 Å². The molecule has 2 N–H and O–H groups in total. The van der Waals surface area contributed by atoms with E-state index in [0.717, 1.165) is 22.4 Å². The summed E-state index contributed by atoms with van der Waals surface area (Å²) in [4.78, 5) is 30.2. The van der Waals surface area contributed by atoms with Gasteiger partial charge in [0.05, 0.1) is 5.71 Å². The van der Waals surface area contributed by atoms with E-state index in [1.807, 2.05) is 61.5 Å². The second kappa shape index (κ2) is 8.49. The lowest BCUT2D eigenvalue weighted by Crippen LogP contribution is -2.50. The molecule has 0 saturated heterocycles. The zero-order valence-electron chi connectivity index (χ0n) is 15.4. The van der Waals surface area contributed by atoms with E-state index in [2.05, 4.69) is 15.8 Å². The Labute approximate surface area is 158 Å². The van der Waals surface area contributed by atoms with Crippen molar-refractivity contribution < 1.29 is 14.4 Å². The predicted molar refractivity (Wildman–Crippen MR) is 103 cm³/mol. The molecule has 6 nitrogen and oxygen atoms in total. The first-order valence-electron chi connectivity index (χ1n) is 8.93. The minimum Gasteiger partial charge on any atom is -0.382 e. The molecule has 0 bridgehead atoms. The Kier molecular flexibility index (Phi) is 5.86. The van der Waals surface area contributed by atoms with Crippen LogP contribution in [0.25, 0.3) is 0 Å². The van der Waals surface area contributed by atoms with Gasteiger partial charge in [-0.3, -0.25) is 9.59 Å². The first-order valence-corrected chi connectivity index (χ1v) is 8.93. The molecule has 2 amide bonds. The number of benzene rings is 2. The maximum absolute atomic E-state index is 12.6. The van der Waals surface area contributed by atoms with E-state index in [1.165, 1.54) is 0 Å². The summed E-state index contributed by atoms with van der Waals surface area (Å²) in [6, 6.07) is 16.7. The van der Waals surface area contributed by atoms with Crippen molar-refractivity contribution in [1.82, 2.24) is 10.6 Å². The molecule has 0 fully saturated rings. The molecule has 2 aromatic rings. The third-order valence-electron chi connectivity index (χ3n) is 4.58. The maximum Gasteiger partial charge on any atom is 0.265 e. The summed E-state index contributed by atoms with van der Waals surface area (Å²) in [6.07, 6.45) is 0.0509. The fraction of sp³-hybridized carbons (Fsp3) is 0.286. The molecular formula is C21H23N3O3. The number of hydrogen-bond acceptors (Lipinski definition) is 4. The monoisotopic (exact) mass is 365 g/mol. The van der Waals surface area contributed by atoms with Gasteiger partial charge in [0, 0.05) is 25.5 Å². The topological polar surface area (TPSA) is 79.8 Å². The highest BCUT2D eigenvalue weighted by Crippen LogP contribution is 2.19. The third-order valence-corrected chi connectivity index (χ3v) is 4.58. The first-order chi connectivity index (χ1) is 13.1. The molecular weight excluding hydrogens is 342 g/mol. The zero-order valence-corrected chi connectivity index (χ0v) is 15.4. The molecule has 0 spiro atoms. The summed E-state index contributed by atoms with van der Waals surface area (Å²) >= 11 is 0. The lowest BCUT2D eigenvalue weighted by Gasteiger charge is -2.19. The number of nitrogens with zero attached hydrogens (tertiary/aromatic N) is 1. The number of hydrogen-bond donors (Lipinski definition) is 2. The van der Waals surface area contributed by atoms with E-state index >= 15 is 0 Å². The van der Waals surface area contributed by atoms with Crippen molar-refractivity contribution in [3.63, 3.8) is 0 Å². The van der Waals surface area contributed by atoms with Gasteiger partial charge in [0.1, 0.15) is 6.04 Å². The molecule has 0 radical (unpaired) electrons. The fourth-order valence-electron chi connectivity index (χ4n) is 3.07. The summed E-state index contributed by atoms with van der Waals surface area (Å²) in [5, 5.41) is 9.48. The van der Waals surface area contributed by atoms with Crippen molar-refractivity contribution in [2.75, 3.05) is 7.05 Å². The second-order valence-corrected chi connectivity index (χ2v) is 6.52. The van der Waals surface area contributed by atoms with Crippen LogP contribution in [0, 0.1) is 6.92 Å². The molecule has 27 heavy (non-hydrogen) atoms. The van der Waals surface area contributed by atoms with Crippen molar-refractivity contribution in [3.8, 4) is 0 Å². The Balaban J connectivity index is 1.65. The van der Waals surface area contributed by atoms with Crippen molar-refractivity contribution >= 4 is 17.5 Å². The van der Waals surface area contributed by atoms with Crippen molar-refractivity contribution in [2.45, 2.75) is 31.9 Å². The van der Waals surface area contributed by atoms with Crippen molar-refractivity contribution in [1.29, 1.82) is 0 Å². The second-order valence-electron chi connectivity index (χ2n) is 6.52. The van der Waals surface area contributed by atoms with E-state index < -0.39 is 12.1 Å². The molecule has 2 atom stereocenters. The average molecular weight is 365 g/mol. The van der Waals surface area contributed by atoms with Gasteiger partial charge in [-0.1, -0.05) is 59.8 Å². The number of amides is 2. The molecule has 1 heterocycles. The minimum absolute atomic E-state index is 0.245. The predicted octanol–water partition coefficient (Wildman–Crippen LogP) is 1.96. The smallest absolute Gasteiger partial charge is 0.265 e. The lowest BCUT2D eigenvalue weighted by molar-refractivity contribution is -0.135. The summed E-state index contributed by atoms with van der Waals surface area (Å²) in [7, 11) is 1.55. The van der Waals surface area contributed by atoms with E-state index in [1.54, 1.807) is 7.05 Å². The van der Waals surface area contributed by atoms with Crippen LogP contribution < -0.4 is 10.6 Å². The molecule has 2 aromatic carbocycles. The average Bonchev–Trinajstić information content (AvgIpc) is 3.18. The van der Waals surface area contributed by atoms with Crippen LogP contribution in [0.1, 0.15) is 23.1 Å². The molecule has 1 aliphatic rings. The normalized spacial score (nSPS) is 16.8. The summed E-state index contributed by atoms with van der Waals surface area (Å²) in [6.45, 7) is 1.99. The minimum atomic E-state index is -0.734. The van der Waals surface area contributed by atoms with Gasteiger partial charge in [-0.15, -0.1) is 0 Å². The number of likely N-dealkylation sites (N-methyl/N-ethyl adjacent to an activating group) is 1. The van der Waals surface area contributed by atoms with Gasteiger partial charge in [0.25, 0.3) is 5.91 Å². The third kappa shape index (κ3) is 4.53. The first kappa shape index (κ1) is 18.6. The molecule has 0 aliphatic carbocycles. The van der Waals surface area contributed by atoms with Gasteiger partial charge in [-0.05, 0) is 18.1 Å². The van der Waals surface area contributed by atoms with Gasteiger partial charge in [0.2, 0.25) is 12.0 Å². The van der Waals surface area contributed by atoms with Crippen LogP contribution in [0.5, 0.6) is 0 Å². The number of oxime groups is 1. The molecule has 3 rings (SSSR count). The van der Waals surface area contributed by atoms with Crippen LogP contribution in [-0.2, 0) is 20.8 Å². The lowest BCUT2D eigenvalue weighted by atomic mass is 10.00. The van der Waals surface area contributed by atoms with Crippen LogP contribution >= 0.6 is 0 Å². The van der Waals surface area contributed by atoms with Gasteiger partial charge in [0.15, 0.2) is 0 Å². The quantitative estimate of drug-likeness (QED) is 0.821. The van der Waals surface area contributed by atoms with Gasteiger partial charge in [-0.2, -0.15) is 0 Å². The number of rotatable bonds is 6. The molecule has 0 saturated carbocycles.